The smallest absolute Gasteiger partial charge is 0.243 e. The van der Waals surface area contributed by atoms with Gasteiger partial charge in [0.2, 0.25) is 10.0 Å². The van der Waals surface area contributed by atoms with Crippen LogP contribution in [0.1, 0.15) is 33.1 Å². The molecule has 0 heterocycles. The summed E-state index contributed by atoms with van der Waals surface area (Å²) < 4.78 is 52.9. The summed E-state index contributed by atoms with van der Waals surface area (Å²) in [7, 11) is -4.11. The normalized spacial score (nSPS) is 13.5. The van der Waals surface area contributed by atoms with Crippen molar-refractivity contribution in [2.45, 2.75) is 44.0 Å². The summed E-state index contributed by atoms with van der Waals surface area (Å²) in [5, 5.41) is 0. The molecule has 7 heteroatoms. The Kier molecular flexibility index (Phi) is 5.25. The average molecular weight is 292 g/mol. The first-order valence-corrected chi connectivity index (χ1v) is 7.53. The Morgan fingerprint density at radius 1 is 1.37 bits per heavy atom. The quantitative estimate of drug-likeness (QED) is 0.791. The van der Waals surface area contributed by atoms with Gasteiger partial charge in [0, 0.05) is 11.7 Å². The third-order valence-corrected chi connectivity index (χ3v) is 4.24. The maximum atomic E-state index is 13.5. The average Bonchev–Trinajstić information content (AvgIpc) is 2.30. The van der Waals surface area contributed by atoms with Gasteiger partial charge in [-0.15, -0.1) is 0 Å². The first kappa shape index (κ1) is 15.8. The third kappa shape index (κ3) is 4.14. The van der Waals surface area contributed by atoms with Crippen molar-refractivity contribution in [3.63, 3.8) is 0 Å². The van der Waals surface area contributed by atoms with Crippen LogP contribution < -0.4 is 10.5 Å². The zero-order chi connectivity index (χ0) is 14.6. The van der Waals surface area contributed by atoms with E-state index in [-0.39, 0.29) is 11.7 Å². The molecule has 4 nitrogen and oxygen atoms in total. The van der Waals surface area contributed by atoms with Gasteiger partial charge in [0.15, 0.2) is 11.6 Å². The molecule has 0 fully saturated rings. The molecule has 0 bridgehead atoms. The van der Waals surface area contributed by atoms with Crippen LogP contribution in [0.2, 0.25) is 0 Å². The second kappa shape index (κ2) is 6.29. The number of rotatable bonds is 6. The highest BCUT2D eigenvalue weighted by molar-refractivity contribution is 7.89. The van der Waals surface area contributed by atoms with Crippen LogP contribution in [0.5, 0.6) is 0 Å². The van der Waals surface area contributed by atoms with Crippen molar-refractivity contribution in [2.75, 3.05) is 5.73 Å². The Balaban J connectivity index is 3.01. The zero-order valence-corrected chi connectivity index (χ0v) is 11.7. The van der Waals surface area contributed by atoms with Crippen LogP contribution in [-0.2, 0) is 10.0 Å². The summed E-state index contributed by atoms with van der Waals surface area (Å²) in [4.78, 5) is -0.756. The predicted molar refractivity (Wildman–Crippen MR) is 70.1 cm³/mol. The lowest BCUT2D eigenvalue weighted by Gasteiger charge is -2.14. The van der Waals surface area contributed by atoms with E-state index in [1.807, 2.05) is 6.92 Å². The van der Waals surface area contributed by atoms with E-state index in [0.717, 1.165) is 25.0 Å². The number of nitrogens with one attached hydrogen (secondary N) is 1. The van der Waals surface area contributed by atoms with Gasteiger partial charge in [-0.25, -0.2) is 21.9 Å². The van der Waals surface area contributed by atoms with Crippen LogP contribution in [0.3, 0.4) is 0 Å². The van der Waals surface area contributed by atoms with Crippen molar-refractivity contribution in [3.05, 3.63) is 23.8 Å². The lowest BCUT2D eigenvalue weighted by atomic mass is 10.2. The Morgan fingerprint density at radius 2 is 2.00 bits per heavy atom. The number of benzene rings is 1. The highest BCUT2D eigenvalue weighted by Gasteiger charge is 2.24. The fourth-order valence-electron chi connectivity index (χ4n) is 1.68. The van der Waals surface area contributed by atoms with Gasteiger partial charge < -0.3 is 5.73 Å². The molecule has 0 aliphatic carbocycles. The topological polar surface area (TPSA) is 72.2 Å². The molecular formula is C12H18F2N2O2S. The van der Waals surface area contributed by atoms with Crippen LogP contribution in [0, 0.1) is 11.6 Å². The van der Waals surface area contributed by atoms with Crippen LogP contribution in [-0.4, -0.2) is 14.5 Å². The molecule has 0 spiro atoms. The second-order valence-corrected chi connectivity index (χ2v) is 6.16. The standard InChI is InChI=1S/C12H18F2N2O2S/c1-3-4-5-8(2)16-19(17,18)11-7-9(15)6-10(13)12(11)14/h6-8,16H,3-5,15H2,1-2H3. The lowest BCUT2D eigenvalue weighted by Crippen LogP contribution is -2.33. The number of hydrogen-bond acceptors (Lipinski definition) is 3. The second-order valence-electron chi connectivity index (χ2n) is 4.48. The SMILES string of the molecule is CCCCC(C)NS(=O)(=O)c1cc(N)cc(F)c1F. The van der Waals surface area contributed by atoms with Crippen LogP contribution in [0.4, 0.5) is 14.5 Å². The first-order valence-electron chi connectivity index (χ1n) is 6.04. The summed E-state index contributed by atoms with van der Waals surface area (Å²) in [5.41, 5.74) is 5.20. The Bertz CT molecular complexity index is 547. The van der Waals surface area contributed by atoms with E-state index in [1.165, 1.54) is 0 Å². The minimum Gasteiger partial charge on any atom is -0.399 e. The Labute approximate surface area is 112 Å². The fraction of sp³-hybridized carbons (Fsp3) is 0.500. The number of hydrogen-bond donors (Lipinski definition) is 2. The van der Waals surface area contributed by atoms with Crippen molar-refractivity contribution in [3.8, 4) is 0 Å². The molecule has 0 radical (unpaired) electrons. The van der Waals surface area contributed by atoms with E-state index >= 15 is 0 Å². The molecule has 0 saturated carbocycles. The van der Waals surface area contributed by atoms with Gasteiger partial charge in [-0.05, 0) is 25.5 Å². The highest BCUT2D eigenvalue weighted by atomic mass is 32.2. The number of unbranched alkanes of at least 4 members (excludes halogenated alkanes) is 1. The third-order valence-electron chi connectivity index (χ3n) is 2.65. The maximum absolute atomic E-state index is 13.5. The van der Waals surface area contributed by atoms with Gasteiger partial charge >= 0.3 is 0 Å². The molecular weight excluding hydrogens is 274 g/mol. The summed E-state index contributed by atoms with van der Waals surface area (Å²) >= 11 is 0. The van der Waals surface area contributed by atoms with Crippen LogP contribution in [0.25, 0.3) is 0 Å². The van der Waals surface area contributed by atoms with Gasteiger partial charge in [-0.1, -0.05) is 19.8 Å². The van der Waals surface area contributed by atoms with Crippen molar-refractivity contribution in [1.82, 2.24) is 4.72 Å². The van der Waals surface area contributed by atoms with Gasteiger partial charge in [0.1, 0.15) is 4.90 Å². The molecule has 0 saturated heterocycles. The van der Waals surface area contributed by atoms with E-state index in [1.54, 1.807) is 6.92 Å². The molecule has 1 unspecified atom stereocenters. The molecule has 1 rings (SSSR count). The van der Waals surface area contributed by atoms with E-state index in [2.05, 4.69) is 4.72 Å². The molecule has 0 aliphatic heterocycles. The Morgan fingerprint density at radius 3 is 2.58 bits per heavy atom. The highest BCUT2D eigenvalue weighted by Crippen LogP contribution is 2.21. The van der Waals surface area contributed by atoms with Gasteiger partial charge in [0.25, 0.3) is 0 Å². The largest absolute Gasteiger partial charge is 0.399 e. The zero-order valence-electron chi connectivity index (χ0n) is 10.9. The predicted octanol–water partition coefficient (Wildman–Crippen LogP) is 2.40. The monoisotopic (exact) mass is 292 g/mol. The molecule has 108 valence electrons. The number of nitrogens with two attached hydrogens (primary N) is 1. The number of halogens is 2. The molecule has 0 aromatic heterocycles. The summed E-state index contributed by atoms with van der Waals surface area (Å²) in [6.07, 6.45) is 2.40. The van der Waals surface area contributed by atoms with Gasteiger partial charge in [-0.3, -0.25) is 0 Å². The van der Waals surface area contributed by atoms with Crippen molar-refractivity contribution in [1.29, 1.82) is 0 Å². The van der Waals surface area contributed by atoms with Crippen molar-refractivity contribution in [2.24, 2.45) is 0 Å². The van der Waals surface area contributed by atoms with Crippen molar-refractivity contribution >= 4 is 15.7 Å². The number of anilines is 1. The summed E-state index contributed by atoms with van der Waals surface area (Å²) in [6, 6.07) is 1.30. The van der Waals surface area contributed by atoms with E-state index in [4.69, 9.17) is 5.73 Å². The molecule has 1 atom stereocenters. The van der Waals surface area contributed by atoms with E-state index in [0.29, 0.717) is 6.42 Å². The molecule has 19 heavy (non-hydrogen) atoms. The minimum atomic E-state index is -4.11. The molecule has 1 aromatic rings. The van der Waals surface area contributed by atoms with Crippen LogP contribution in [0.15, 0.2) is 17.0 Å². The van der Waals surface area contributed by atoms with Crippen molar-refractivity contribution < 1.29 is 17.2 Å². The Hall–Kier alpha value is -1.21. The van der Waals surface area contributed by atoms with E-state index < -0.39 is 26.6 Å². The minimum absolute atomic E-state index is 0.138. The fourth-order valence-corrected chi connectivity index (χ4v) is 3.08. The van der Waals surface area contributed by atoms with E-state index in [9.17, 15) is 17.2 Å². The summed E-state index contributed by atoms with van der Waals surface area (Å²) in [5.74, 6) is -2.69. The maximum Gasteiger partial charge on any atom is 0.243 e. The molecule has 0 amide bonds. The first-order chi connectivity index (χ1) is 8.77. The number of nitrogen functional groups attached to an aromatic ring is 1. The summed E-state index contributed by atoms with van der Waals surface area (Å²) in [6.45, 7) is 3.65. The lowest BCUT2D eigenvalue weighted by molar-refractivity contribution is 0.480. The van der Waals surface area contributed by atoms with Gasteiger partial charge in [-0.2, -0.15) is 0 Å². The molecule has 1 aromatic carbocycles. The number of sulfonamides is 1. The molecule has 3 N–H and O–H groups in total. The van der Waals surface area contributed by atoms with Gasteiger partial charge in [0.05, 0.1) is 0 Å². The van der Waals surface area contributed by atoms with Crippen LogP contribution >= 0.6 is 0 Å². The molecule has 0 aliphatic rings.